The molecule has 128 valence electrons. The second-order valence-corrected chi connectivity index (χ2v) is 5.48. The molecule has 0 fully saturated rings. The van der Waals surface area contributed by atoms with Crippen molar-refractivity contribution in [2.75, 3.05) is 5.32 Å². The molecule has 0 atom stereocenters. The van der Waals surface area contributed by atoms with Gasteiger partial charge in [0.05, 0.1) is 12.7 Å². The van der Waals surface area contributed by atoms with Crippen LogP contribution >= 0.6 is 0 Å². The fraction of sp³-hybridized carbons (Fsp3) is 0.167. The summed E-state index contributed by atoms with van der Waals surface area (Å²) in [4.78, 5) is 12.0. The number of anilines is 1. The lowest BCUT2D eigenvalue weighted by Gasteiger charge is -2.02. The predicted octanol–water partition coefficient (Wildman–Crippen LogP) is 2.94. The first-order chi connectivity index (χ1) is 12.1. The van der Waals surface area contributed by atoms with Gasteiger partial charge >= 0.3 is 0 Å². The van der Waals surface area contributed by atoms with Gasteiger partial charge in [0, 0.05) is 36.6 Å². The number of benzene rings is 1. The Morgan fingerprint density at radius 3 is 2.76 bits per heavy atom. The lowest BCUT2D eigenvalue weighted by molar-refractivity contribution is -0.111. The van der Waals surface area contributed by atoms with Crippen molar-refractivity contribution in [1.82, 2.24) is 19.6 Å². The van der Waals surface area contributed by atoms with E-state index in [0.717, 1.165) is 17.7 Å². The maximum Gasteiger partial charge on any atom is 0.249 e. The molecule has 0 radical (unpaired) electrons. The summed E-state index contributed by atoms with van der Waals surface area (Å²) < 4.78 is 16.4. The van der Waals surface area contributed by atoms with E-state index in [-0.39, 0.29) is 11.7 Å². The lowest BCUT2D eigenvalue weighted by atomic mass is 10.2. The van der Waals surface area contributed by atoms with Gasteiger partial charge in [-0.1, -0.05) is 12.1 Å². The summed E-state index contributed by atoms with van der Waals surface area (Å²) >= 11 is 0. The van der Waals surface area contributed by atoms with Gasteiger partial charge in [-0.25, -0.2) is 4.39 Å². The molecular weight excluding hydrogens is 321 g/mol. The molecule has 0 aliphatic carbocycles. The Morgan fingerprint density at radius 2 is 2.04 bits per heavy atom. The average Bonchev–Trinajstić information content (AvgIpc) is 3.24. The van der Waals surface area contributed by atoms with Gasteiger partial charge in [0.25, 0.3) is 0 Å². The van der Waals surface area contributed by atoms with Crippen LogP contribution in [-0.4, -0.2) is 25.5 Å². The zero-order valence-corrected chi connectivity index (χ0v) is 13.8. The number of rotatable bonds is 6. The molecule has 3 aromatic rings. The average molecular weight is 339 g/mol. The molecule has 1 amide bonds. The number of hydrogen-bond donors (Lipinski definition) is 1. The Kier molecular flexibility index (Phi) is 5.03. The Balaban J connectivity index is 1.56. The van der Waals surface area contributed by atoms with Crippen molar-refractivity contribution < 1.29 is 9.18 Å². The fourth-order valence-corrected chi connectivity index (χ4v) is 2.27. The van der Waals surface area contributed by atoms with E-state index in [2.05, 4.69) is 15.5 Å². The molecule has 1 N–H and O–H groups in total. The third kappa shape index (κ3) is 4.63. The molecule has 7 heteroatoms. The zero-order valence-electron chi connectivity index (χ0n) is 13.8. The van der Waals surface area contributed by atoms with Gasteiger partial charge in [-0.2, -0.15) is 10.2 Å². The number of nitrogens with zero attached hydrogens (tertiary/aromatic N) is 4. The molecule has 25 heavy (non-hydrogen) atoms. The summed E-state index contributed by atoms with van der Waals surface area (Å²) in [5.74, 6) is -0.0780. The topological polar surface area (TPSA) is 64.7 Å². The van der Waals surface area contributed by atoms with Crippen molar-refractivity contribution >= 4 is 17.8 Å². The Hall–Kier alpha value is -3.22. The minimum absolute atomic E-state index is 0.267. The van der Waals surface area contributed by atoms with Crippen LogP contribution in [-0.2, 0) is 17.9 Å². The highest BCUT2D eigenvalue weighted by Gasteiger charge is 2.03. The summed E-state index contributed by atoms with van der Waals surface area (Å²) in [6, 6.07) is 7.94. The number of hydrogen-bond acceptors (Lipinski definition) is 3. The van der Waals surface area contributed by atoms with Crippen LogP contribution in [0.25, 0.3) is 6.08 Å². The van der Waals surface area contributed by atoms with Crippen molar-refractivity contribution in [2.45, 2.75) is 20.0 Å². The minimum atomic E-state index is -0.270. The summed E-state index contributed by atoms with van der Waals surface area (Å²) in [6.07, 6.45) is 8.46. The van der Waals surface area contributed by atoms with Crippen molar-refractivity contribution in [3.05, 3.63) is 71.9 Å². The standard InChI is InChI=1S/C18H18FN5O/c1-2-23-13-15(11-20-23)5-8-18(25)21-17-9-10-24(22-17)12-14-3-6-16(19)7-4-14/h3-11,13H,2,12H2,1H3,(H,21,22,25)/b8-5+. The Labute approximate surface area is 144 Å². The number of halogens is 1. The molecular formula is C18H18FN5O. The second kappa shape index (κ2) is 7.57. The highest BCUT2D eigenvalue weighted by molar-refractivity contribution is 6.01. The minimum Gasteiger partial charge on any atom is -0.306 e. The maximum absolute atomic E-state index is 12.9. The van der Waals surface area contributed by atoms with Crippen molar-refractivity contribution in [3.63, 3.8) is 0 Å². The van der Waals surface area contributed by atoms with E-state index in [9.17, 15) is 9.18 Å². The van der Waals surface area contributed by atoms with Gasteiger partial charge in [-0.05, 0) is 30.7 Å². The number of carbonyl (C=O) groups is 1. The van der Waals surface area contributed by atoms with E-state index in [0.29, 0.717) is 12.4 Å². The second-order valence-electron chi connectivity index (χ2n) is 5.48. The third-order valence-electron chi connectivity index (χ3n) is 3.55. The normalized spacial score (nSPS) is 11.1. The van der Waals surface area contributed by atoms with E-state index in [1.807, 2.05) is 13.1 Å². The fourth-order valence-electron chi connectivity index (χ4n) is 2.27. The van der Waals surface area contributed by atoms with E-state index in [1.165, 1.54) is 18.2 Å². The molecule has 3 rings (SSSR count). The Bertz CT molecular complexity index is 879. The quantitative estimate of drug-likeness (QED) is 0.702. The van der Waals surface area contributed by atoms with Crippen LogP contribution in [0.1, 0.15) is 18.1 Å². The summed E-state index contributed by atoms with van der Waals surface area (Å²) in [7, 11) is 0. The molecule has 0 aliphatic rings. The SMILES string of the molecule is CCn1cc(/C=C/C(=O)Nc2ccn(Cc3ccc(F)cc3)n2)cn1. The van der Waals surface area contributed by atoms with Crippen LogP contribution < -0.4 is 5.32 Å². The maximum atomic E-state index is 12.9. The molecule has 0 spiro atoms. The first-order valence-corrected chi connectivity index (χ1v) is 7.92. The number of carbonyl (C=O) groups excluding carboxylic acids is 1. The van der Waals surface area contributed by atoms with E-state index in [4.69, 9.17) is 0 Å². The highest BCUT2D eigenvalue weighted by atomic mass is 19.1. The van der Waals surface area contributed by atoms with E-state index >= 15 is 0 Å². The molecule has 0 saturated carbocycles. The molecule has 0 unspecified atom stereocenters. The number of nitrogens with one attached hydrogen (secondary N) is 1. The van der Waals surface area contributed by atoms with Crippen LogP contribution in [0.3, 0.4) is 0 Å². The van der Waals surface area contributed by atoms with Gasteiger partial charge < -0.3 is 5.32 Å². The van der Waals surface area contributed by atoms with Crippen LogP contribution in [0.4, 0.5) is 10.2 Å². The van der Waals surface area contributed by atoms with Gasteiger partial charge in [-0.15, -0.1) is 0 Å². The van der Waals surface area contributed by atoms with E-state index in [1.54, 1.807) is 46.0 Å². The van der Waals surface area contributed by atoms with Crippen LogP contribution in [0, 0.1) is 5.82 Å². The summed E-state index contributed by atoms with van der Waals surface area (Å²) in [5, 5.41) is 11.1. The van der Waals surface area contributed by atoms with Crippen LogP contribution in [0.2, 0.25) is 0 Å². The summed E-state index contributed by atoms with van der Waals surface area (Å²) in [5.41, 5.74) is 1.79. The largest absolute Gasteiger partial charge is 0.306 e. The number of aryl methyl sites for hydroxylation is 1. The van der Waals surface area contributed by atoms with E-state index < -0.39 is 0 Å². The molecule has 0 bridgehead atoms. The van der Waals surface area contributed by atoms with Gasteiger partial charge in [-0.3, -0.25) is 14.2 Å². The van der Waals surface area contributed by atoms with Crippen molar-refractivity contribution in [2.24, 2.45) is 0 Å². The van der Waals surface area contributed by atoms with Crippen LogP contribution in [0.5, 0.6) is 0 Å². The van der Waals surface area contributed by atoms with Gasteiger partial charge in [0.15, 0.2) is 5.82 Å². The molecule has 0 saturated heterocycles. The number of aromatic nitrogens is 4. The predicted molar refractivity (Wildman–Crippen MR) is 93.3 cm³/mol. The van der Waals surface area contributed by atoms with Gasteiger partial charge in [0.2, 0.25) is 5.91 Å². The van der Waals surface area contributed by atoms with Crippen molar-refractivity contribution in [1.29, 1.82) is 0 Å². The Morgan fingerprint density at radius 1 is 1.24 bits per heavy atom. The first kappa shape index (κ1) is 16.6. The summed E-state index contributed by atoms with van der Waals surface area (Å²) in [6.45, 7) is 3.28. The molecule has 6 nitrogen and oxygen atoms in total. The molecule has 2 heterocycles. The lowest BCUT2D eigenvalue weighted by Crippen LogP contribution is -2.09. The highest BCUT2D eigenvalue weighted by Crippen LogP contribution is 2.08. The smallest absolute Gasteiger partial charge is 0.249 e. The zero-order chi connectivity index (χ0) is 17.6. The van der Waals surface area contributed by atoms with Crippen LogP contribution in [0.15, 0.2) is 55.0 Å². The van der Waals surface area contributed by atoms with Crippen molar-refractivity contribution in [3.8, 4) is 0 Å². The first-order valence-electron chi connectivity index (χ1n) is 7.92. The molecule has 2 aromatic heterocycles. The number of amides is 1. The monoisotopic (exact) mass is 339 g/mol. The third-order valence-corrected chi connectivity index (χ3v) is 3.55. The molecule has 1 aromatic carbocycles. The van der Waals surface area contributed by atoms with Gasteiger partial charge in [0.1, 0.15) is 5.82 Å². The molecule has 0 aliphatic heterocycles.